The number of benzene rings is 2. The summed E-state index contributed by atoms with van der Waals surface area (Å²) in [5.74, 6) is 0.919. The van der Waals surface area contributed by atoms with E-state index in [9.17, 15) is 4.79 Å². The van der Waals surface area contributed by atoms with E-state index in [2.05, 4.69) is 15.5 Å². The fourth-order valence-electron chi connectivity index (χ4n) is 2.82. The van der Waals surface area contributed by atoms with Gasteiger partial charge in [0.05, 0.1) is 24.1 Å². The number of furan rings is 1. The van der Waals surface area contributed by atoms with Crippen LogP contribution in [0.2, 0.25) is 5.02 Å². The predicted octanol–water partition coefficient (Wildman–Crippen LogP) is 4.64. The molecule has 0 bridgehead atoms. The number of halogens is 1. The molecule has 0 saturated heterocycles. The molecule has 4 aromatic rings. The number of anilines is 1. The van der Waals surface area contributed by atoms with Crippen LogP contribution in [-0.4, -0.2) is 28.0 Å². The quantitative estimate of drug-likeness (QED) is 0.486. The molecule has 0 fully saturated rings. The summed E-state index contributed by atoms with van der Waals surface area (Å²) in [6.45, 7) is 1.90. The third-order valence-electron chi connectivity index (χ3n) is 4.29. The summed E-state index contributed by atoms with van der Waals surface area (Å²) < 4.78 is 10.4. The van der Waals surface area contributed by atoms with E-state index in [0.29, 0.717) is 38.9 Å². The summed E-state index contributed by atoms with van der Waals surface area (Å²) >= 11 is 6.20. The number of aromatic nitrogens is 3. The fourth-order valence-corrected chi connectivity index (χ4v) is 3.07. The van der Waals surface area contributed by atoms with Crippen LogP contribution in [0.15, 0.2) is 59.2 Å². The fraction of sp³-hybridized carbons (Fsp3) is 0.0952. The maximum Gasteiger partial charge on any atom is 0.248 e. The van der Waals surface area contributed by atoms with Crippen LogP contribution in [0.25, 0.3) is 22.8 Å². The molecular formula is C21H17ClN4O3. The lowest BCUT2D eigenvalue weighted by atomic mass is 10.1. The van der Waals surface area contributed by atoms with Gasteiger partial charge in [0.2, 0.25) is 5.91 Å². The van der Waals surface area contributed by atoms with Crippen LogP contribution in [0, 0.1) is 6.92 Å². The molecule has 7 nitrogen and oxygen atoms in total. The van der Waals surface area contributed by atoms with Gasteiger partial charge in [-0.05, 0) is 61.0 Å². The van der Waals surface area contributed by atoms with Crippen LogP contribution >= 0.6 is 11.6 Å². The van der Waals surface area contributed by atoms with E-state index in [1.807, 2.05) is 19.1 Å². The number of aryl methyl sites for hydroxylation is 1. The number of amides is 1. The van der Waals surface area contributed by atoms with Crippen molar-refractivity contribution in [3.63, 3.8) is 0 Å². The van der Waals surface area contributed by atoms with Crippen molar-refractivity contribution in [3.8, 4) is 11.4 Å². The van der Waals surface area contributed by atoms with E-state index in [-0.39, 0.29) is 5.91 Å². The van der Waals surface area contributed by atoms with Crippen LogP contribution in [0.5, 0.6) is 5.75 Å². The second kappa shape index (κ2) is 7.81. The number of carbonyl (C=O) groups is 1. The third-order valence-corrected chi connectivity index (χ3v) is 4.59. The van der Waals surface area contributed by atoms with Crippen LogP contribution in [0.4, 0.5) is 5.69 Å². The summed E-state index contributed by atoms with van der Waals surface area (Å²) in [5, 5.41) is 12.3. The summed E-state index contributed by atoms with van der Waals surface area (Å²) in [6, 6.07) is 12.5. The third kappa shape index (κ3) is 4.00. The Morgan fingerprint density at radius 1 is 1.21 bits per heavy atom. The van der Waals surface area contributed by atoms with Crippen LogP contribution in [-0.2, 0) is 4.79 Å². The Hall–Kier alpha value is -3.58. The molecule has 0 unspecified atom stereocenters. The average molecular weight is 409 g/mol. The first-order chi connectivity index (χ1) is 14.0. The van der Waals surface area contributed by atoms with Crippen molar-refractivity contribution in [3.05, 3.63) is 71.2 Å². The lowest BCUT2D eigenvalue weighted by molar-refractivity contribution is -0.111. The van der Waals surface area contributed by atoms with Gasteiger partial charge in [0.25, 0.3) is 0 Å². The molecule has 0 atom stereocenters. The number of hydrogen-bond donors (Lipinski definition) is 1. The van der Waals surface area contributed by atoms with Gasteiger partial charge in [-0.3, -0.25) is 4.79 Å². The topological polar surface area (TPSA) is 82.2 Å². The van der Waals surface area contributed by atoms with Gasteiger partial charge in [0.15, 0.2) is 0 Å². The molecule has 0 radical (unpaired) electrons. The second-order valence-corrected chi connectivity index (χ2v) is 6.71. The van der Waals surface area contributed by atoms with Gasteiger partial charge < -0.3 is 14.5 Å². The van der Waals surface area contributed by atoms with Crippen molar-refractivity contribution < 1.29 is 13.9 Å². The molecule has 146 valence electrons. The maximum absolute atomic E-state index is 12.2. The number of methoxy groups -OCH3 is 1. The average Bonchev–Trinajstić information content (AvgIpc) is 3.36. The van der Waals surface area contributed by atoms with Crippen molar-refractivity contribution in [1.29, 1.82) is 0 Å². The van der Waals surface area contributed by atoms with Gasteiger partial charge >= 0.3 is 0 Å². The largest absolute Gasteiger partial charge is 0.495 e. The minimum Gasteiger partial charge on any atom is -0.495 e. The summed E-state index contributed by atoms with van der Waals surface area (Å²) in [4.78, 5) is 13.7. The molecule has 4 rings (SSSR count). The molecule has 0 aliphatic rings. The second-order valence-electron chi connectivity index (χ2n) is 6.30. The van der Waals surface area contributed by atoms with Gasteiger partial charge in [-0.2, -0.15) is 4.80 Å². The van der Waals surface area contributed by atoms with Crippen molar-refractivity contribution in [2.75, 3.05) is 12.4 Å². The van der Waals surface area contributed by atoms with Crippen molar-refractivity contribution in [2.24, 2.45) is 0 Å². The van der Waals surface area contributed by atoms with E-state index in [1.165, 1.54) is 10.9 Å². The molecule has 2 aromatic carbocycles. The zero-order valence-electron chi connectivity index (χ0n) is 15.7. The van der Waals surface area contributed by atoms with E-state index < -0.39 is 0 Å². The number of nitrogens with zero attached hydrogens (tertiary/aromatic N) is 3. The van der Waals surface area contributed by atoms with Crippen molar-refractivity contribution in [1.82, 2.24) is 15.0 Å². The van der Waals surface area contributed by atoms with Crippen LogP contribution in [0.1, 0.15) is 11.3 Å². The van der Waals surface area contributed by atoms with Gasteiger partial charge in [0, 0.05) is 11.8 Å². The molecule has 1 N–H and O–H groups in total. The van der Waals surface area contributed by atoms with E-state index in [1.54, 1.807) is 49.8 Å². The Kier molecular flexibility index (Phi) is 5.05. The normalized spacial score (nSPS) is 11.3. The molecule has 1 amide bonds. The molecule has 0 aliphatic carbocycles. The van der Waals surface area contributed by atoms with Crippen LogP contribution in [0.3, 0.4) is 0 Å². The molecule has 29 heavy (non-hydrogen) atoms. The minimum absolute atomic E-state index is 0.266. The summed E-state index contributed by atoms with van der Waals surface area (Å²) in [6.07, 6.45) is 4.57. The molecular weight excluding hydrogens is 392 g/mol. The number of ether oxygens (including phenoxy) is 1. The highest BCUT2D eigenvalue weighted by molar-refractivity contribution is 6.32. The van der Waals surface area contributed by atoms with Crippen LogP contribution < -0.4 is 10.1 Å². The summed E-state index contributed by atoms with van der Waals surface area (Å²) in [7, 11) is 1.56. The van der Waals surface area contributed by atoms with Gasteiger partial charge in [-0.15, -0.1) is 10.2 Å². The summed E-state index contributed by atoms with van der Waals surface area (Å²) in [5.41, 5.74) is 3.59. The molecule has 2 aromatic heterocycles. The smallest absolute Gasteiger partial charge is 0.248 e. The Balaban J connectivity index is 1.60. The van der Waals surface area contributed by atoms with E-state index in [0.717, 1.165) is 5.56 Å². The Labute approximate surface area is 171 Å². The number of hydrogen-bond acceptors (Lipinski definition) is 5. The van der Waals surface area contributed by atoms with Gasteiger partial charge in [0.1, 0.15) is 22.5 Å². The van der Waals surface area contributed by atoms with Gasteiger partial charge in [-0.25, -0.2) is 0 Å². The number of fused-ring (bicyclic) bond motifs is 1. The van der Waals surface area contributed by atoms with E-state index in [4.69, 9.17) is 20.8 Å². The van der Waals surface area contributed by atoms with E-state index >= 15 is 0 Å². The first-order valence-corrected chi connectivity index (χ1v) is 9.15. The Morgan fingerprint density at radius 2 is 2.00 bits per heavy atom. The molecule has 0 saturated carbocycles. The Bertz CT molecular complexity index is 1210. The Morgan fingerprint density at radius 3 is 2.69 bits per heavy atom. The zero-order valence-corrected chi connectivity index (χ0v) is 16.5. The van der Waals surface area contributed by atoms with Crippen molar-refractivity contribution in [2.45, 2.75) is 6.92 Å². The minimum atomic E-state index is -0.266. The van der Waals surface area contributed by atoms with Gasteiger partial charge in [-0.1, -0.05) is 11.6 Å². The SMILES string of the molecule is COc1ccc(-n2nc3cc(C)c(NC(=O)/C=C/c4ccco4)cc3n2)cc1Cl. The standard InChI is InChI=1S/C21H17ClN4O3/c1-13-10-18-19(12-17(13)23-21(27)8-6-15-4-3-9-29-15)25-26(24-18)14-5-7-20(28-2)16(22)11-14/h3-12H,1-2H3,(H,23,27)/b8-6+. The highest BCUT2D eigenvalue weighted by Gasteiger charge is 2.11. The molecule has 0 spiro atoms. The highest BCUT2D eigenvalue weighted by atomic mass is 35.5. The molecule has 0 aliphatic heterocycles. The zero-order chi connectivity index (χ0) is 20.4. The number of carbonyl (C=O) groups excluding carboxylic acids is 1. The number of rotatable bonds is 5. The monoisotopic (exact) mass is 408 g/mol. The lowest BCUT2D eigenvalue weighted by Crippen LogP contribution is -2.08. The number of nitrogens with one attached hydrogen (secondary N) is 1. The molecule has 8 heteroatoms. The maximum atomic E-state index is 12.2. The predicted molar refractivity (Wildman–Crippen MR) is 112 cm³/mol. The highest BCUT2D eigenvalue weighted by Crippen LogP contribution is 2.27. The molecule has 2 heterocycles. The lowest BCUT2D eigenvalue weighted by Gasteiger charge is -2.05. The first-order valence-electron chi connectivity index (χ1n) is 8.77. The first kappa shape index (κ1) is 18.8. The van der Waals surface area contributed by atoms with Crippen molar-refractivity contribution >= 4 is 40.3 Å².